The molecule has 1 heterocycles. The summed E-state index contributed by atoms with van der Waals surface area (Å²) in [6.45, 7) is 4.26. The average molecular weight is 250 g/mol. The van der Waals surface area contributed by atoms with Crippen molar-refractivity contribution in [3.8, 4) is 5.75 Å². The fraction of sp³-hybridized carbons (Fsp3) is 0.571. The van der Waals surface area contributed by atoms with Gasteiger partial charge < -0.3 is 15.2 Å². The zero-order valence-corrected chi connectivity index (χ0v) is 10.9. The quantitative estimate of drug-likeness (QED) is 0.819. The molecule has 1 saturated heterocycles. The van der Waals surface area contributed by atoms with Gasteiger partial charge in [0.05, 0.1) is 7.11 Å². The molecule has 0 saturated carbocycles. The highest BCUT2D eigenvalue weighted by molar-refractivity contribution is 5.36. The molecule has 1 aromatic rings. The van der Waals surface area contributed by atoms with E-state index in [1.54, 1.807) is 7.11 Å². The molecule has 18 heavy (non-hydrogen) atoms. The second-order valence-electron chi connectivity index (χ2n) is 4.56. The highest BCUT2D eigenvalue weighted by Gasteiger charge is 2.23. The monoisotopic (exact) mass is 250 g/mol. The number of aliphatic hydroxyl groups excluding tert-OH is 1. The van der Waals surface area contributed by atoms with Gasteiger partial charge in [0.1, 0.15) is 5.75 Å². The predicted molar refractivity (Wildman–Crippen MR) is 71.9 cm³/mol. The molecule has 0 amide bonds. The Morgan fingerprint density at radius 1 is 1.33 bits per heavy atom. The molecule has 2 rings (SSSR count). The van der Waals surface area contributed by atoms with Crippen LogP contribution in [0, 0.1) is 0 Å². The number of ether oxygens (including phenoxy) is 1. The average Bonchev–Trinajstić information content (AvgIpc) is 2.46. The number of rotatable bonds is 5. The summed E-state index contributed by atoms with van der Waals surface area (Å²) in [7, 11) is 1.70. The van der Waals surface area contributed by atoms with Gasteiger partial charge in [0.25, 0.3) is 0 Å². The number of hydrogen-bond donors (Lipinski definition) is 2. The summed E-state index contributed by atoms with van der Waals surface area (Å²) in [6.07, 6.45) is 0.750. The van der Waals surface area contributed by atoms with Crippen LogP contribution in [0.2, 0.25) is 0 Å². The molecule has 1 fully saturated rings. The lowest BCUT2D eigenvalue weighted by molar-refractivity contribution is 0.139. The van der Waals surface area contributed by atoms with Crippen LogP contribution in [0.25, 0.3) is 0 Å². The fourth-order valence-corrected chi connectivity index (χ4v) is 2.59. The lowest BCUT2D eigenvalue weighted by atomic mass is 10.0. The van der Waals surface area contributed by atoms with Gasteiger partial charge in [-0.05, 0) is 12.5 Å². The van der Waals surface area contributed by atoms with Gasteiger partial charge in [-0.25, -0.2) is 0 Å². The molecule has 0 radical (unpaired) electrons. The molecule has 0 aliphatic carbocycles. The highest BCUT2D eigenvalue weighted by Crippen LogP contribution is 2.31. The number of aliphatic hydroxyl groups is 1. The molecule has 4 nitrogen and oxygen atoms in total. The maximum absolute atomic E-state index is 9.31. The minimum atomic E-state index is 0.201. The standard InChI is InChI=1S/C14H22N2O2/c1-18-14-5-3-2-4-12(14)13(6-11-17)16-9-7-15-8-10-16/h2-5,13,15,17H,6-11H2,1H3/t13-/m0/s1. The van der Waals surface area contributed by atoms with Crippen molar-refractivity contribution >= 4 is 0 Å². The lowest BCUT2D eigenvalue weighted by Gasteiger charge is -2.35. The fourth-order valence-electron chi connectivity index (χ4n) is 2.59. The molecule has 2 N–H and O–H groups in total. The predicted octanol–water partition coefficient (Wildman–Crippen LogP) is 1.02. The van der Waals surface area contributed by atoms with E-state index in [1.165, 1.54) is 5.56 Å². The molecule has 0 unspecified atom stereocenters. The largest absolute Gasteiger partial charge is 0.496 e. The summed E-state index contributed by atoms with van der Waals surface area (Å²) in [5.74, 6) is 0.912. The van der Waals surface area contributed by atoms with E-state index in [2.05, 4.69) is 16.3 Å². The van der Waals surface area contributed by atoms with E-state index in [0.717, 1.165) is 38.3 Å². The van der Waals surface area contributed by atoms with Crippen LogP contribution in [-0.2, 0) is 0 Å². The van der Waals surface area contributed by atoms with Crippen LogP contribution in [0.1, 0.15) is 18.0 Å². The van der Waals surface area contributed by atoms with Crippen LogP contribution < -0.4 is 10.1 Å². The van der Waals surface area contributed by atoms with E-state index in [9.17, 15) is 5.11 Å². The van der Waals surface area contributed by atoms with E-state index in [-0.39, 0.29) is 12.6 Å². The Morgan fingerprint density at radius 3 is 2.72 bits per heavy atom. The zero-order chi connectivity index (χ0) is 12.8. The third kappa shape index (κ3) is 3.02. The molecule has 0 spiro atoms. The SMILES string of the molecule is COc1ccccc1[C@H](CCO)N1CCNCC1. The third-order valence-electron chi connectivity index (χ3n) is 3.49. The van der Waals surface area contributed by atoms with E-state index in [1.807, 2.05) is 18.2 Å². The summed E-state index contributed by atoms with van der Waals surface area (Å²) < 4.78 is 5.44. The van der Waals surface area contributed by atoms with Crippen LogP contribution in [-0.4, -0.2) is 49.9 Å². The molecule has 0 aromatic heterocycles. The first-order valence-electron chi connectivity index (χ1n) is 6.55. The van der Waals surface area contributed by atoms with E-state index in [0.29, 0.717) is 0 Å². The summed E-state index contributed by atoms with van der Waals surface area (Å²) in [5, 5.41) is 12.7. The number of para-hydroxylation sites is 1. The molecule has 4 heteroatoms. The summed E-state index contributed by atoms with van der Waals surface area (Å²) in [5.41, 5.74) is 1.18. The first-order chi connectivity index (χ1) is 8.86. The van der Waals surface area contributed by atoms with Gasteiger partial charge >= 0.3 is 0 Å². The number of nitrogens with one attached hydrogen (secondary N) is 1. The first-order valence-corrected chi connectivity index (χ1v) is 6.55. The maximum atomic E-state index is 9.31. The smallest absolute Gasteiger partial charge is 0.123 e. The van der Waals surface area contributed by atoms with Crippen molar-refractivity contribution in [1.82, 2.24) is 10.2 Å². The molecule has 1 aromatic carbocycles. The normalized spacial score (nSPS) is 18.6. The van der Waals surface area contributed by atoms with Crippen molar-refractivity contribution in [2.75, 3.05) is 39.9 Å². The maximum Gasteiger partial charge on any atom is 0.123 e. The molecule has 1 atom stereocenters. The second-order valence-corrected chi connectivity index (χ2v) is 4.56. The van der Waals surface area contributed by atoms with Crippen molar-refractivity contribution < 1.29 is 9.84 Å². The Bertz CT molecular complexity index is 365. The van der Waals surface area contributed by atoms with Gasteiger partial charge in [-0.1, -0.05) is 18.2 Å². The Hall–Kier alpha value is -1.10. The number of methoxy groups -OCH3 is 1. The van der Waals surface area contributed by atoms with Crippen molar-refractivity contribution in [2.45, 2.75) is 12.5 Å². The Kier molecular flexibility index (Phi) is 4.99. The van der Waals surface area contributed by atoms with Crippen molar-refractivity contribution in [3.63, 3.8) is 0 Å². The van der Waals surface area contributed by atoms with Crippen LogP contribution in [0.15, 0.2) is 24.3 Å². The topological polar surface area (TPSA) is 44.7 Å². The van der Waals surface area contributed by atoms with E-state index in [4.69, 9.17) is 4.74 Å². The summed E-state index contributed by atoms with van der Waals surface area (Å²) in [6, 6.07) is 8.34. The van der Waals surface area contributed by atoms with Crippen molar-refractivity contribution in [2.24, 2.45) is 0 Å². The van der Waals surface area contributed by atoms with Gasteiger partial charge in [0.15, 0.2) is 0 Å². The van der Waals surface area contributed by atoms with Gasteiger partial charge in [-0.15, -0.1) is 0 Å². The van der Waals surface area contributed by atoms with Crippen LogP contribution in [0.4, 0.5) is 0 Å². The van der Waals surface area contributed by atoms with Crippen LogP contribution in [0.3, 0.4) is 0 Å². The number of nitrogens with zero attached hydrogens (tertiary/aromatic N) is 1. The highest BCUT2D eigenvalue weighted by atomic mass is 16.5. The molecular formula is C14H22N2O2. The van der Waals surface area contributed by atoms with E-state index >= 15 is 0 Å². The molecule has 0 bridgehead atoms. The minimum absolute atomic E-state index is 0.201. The van der Waals surface area contributed by atoms with E-state index < -0.39 is 0 Å². The van der Waals surface area contributed by atoms with Gasteiger partial charge in [0, 0.05) is 44.4 Å². The number of piperazine rings is 1. The number of benzene rings is 1. The van der Waals surface area contributed by atoms with Crippen LogP contribution >= 0.6 is 0 Å². The van der Waals surface area contributed by atoms with Gasteiger partial charge in [0.2, 0.25) is 0 Å². The Morgan fingerprint density at radius 2 is 2.06 bits per heavy atom. The Labute approximate surface area is 109 Å². The van der Waals surface area contributed by atoms with Gasteiger partial charge in [-0.3, -0.25) is 4.90 Å². The number of hydrogen-bond acceptors (Lipinski definition) is 4. The second kappa shape index (κ2) is 6.73. The van der Waals surface area contributed by atoms with Gasteiger partial charge in [-0.2, -0.15) is 0 Å². The molecule has 1 aliphatic heterocycles. The third-order valence-corrected chi connectivity index (χ3v) is 3.49. The zero-order valence-electron chi connectivity index (χ0n) is 10.9. The van der Waals surface area contributed by atoms with Crippen molar-refractivity contribution in [1.29, 1.82) is 0 Å². The minimum Gasteiger partial charge on any atom is -0.496 e. The summed E-state index contributed by atoms with van der Waals surface area (Å²) in [4.78, 5) is 2.42. The molecule has 100 valence electrons. The first kappa shape index (κ1) is 13.3. The van der Waals surface area contributed by atoms with Crippen molar-refractivity contribution in [3.05, 3.63) is 29.8 Å². The lowest BCUT2D eigenvalue weighted by Crippen LogP contribution is -2.45. The van der Waals surface area contributed by atoms with Crippen LogP contribution in [0.5, 0.6) is 5.75 Å². The Balaban J connectivity index is 2.22. The summed E-state index contributed by atoms with van der Waals surface area (Å²) >= 11 is 0. The molecular weight excluding hydrogens is 228 g/mol. The molecule has 1 aliphatic rings.